The number of ketones is 2. The maximum Gasteiger partial charge on any atom is 0.139 e. The lowest BCUT2D eigenvalue weighted by molar-refractivity contribution is -0.212. The van der Waals surface area contributed by atoms with Gasteiger partial charge in [0.1, 0.15) is 11.6 Å². The molecule has 0 aromatic heterocycles. The SMILES string of the molecule is CC1CC2(C)C(=O)CCC2C2CC(C)C3(C)CC(=O)CC(C)C3(C)C12. The first kappa shape index (κ1) is 17.7. The van der Waals surface area contributed by atoms with Gasteiger partial charge in [0.15, 0.2) is 0 Å². The molecule has 0 radical (unpaired) electrons. The lowest BCUT2D eigenvalue weighted by atomic mass is 9.35. The van der Waals surface area contributed by atoms with E-state index in [4.69, 9.17) is 0 Å². The maximum atomic E-state index is 12.7. The van der Waals surface area contributed by atoms with Crippen molar-refractivity contribution in [1.29, 1.82) is 0 Å². The minimum Gasteiger partial charge on any atom is -0.300 e. The molecule has 25 heavy (non-hydrogen) atoms. The third kappa shape index (κ3) is 1.98. The Bertz CT molecular complexity index is 624. The fourth-order valence-corrected chi connectivity index (χ4v) is 8.74. The smallest absolute Gasteiger partial charge is 0.139 e. The zero-order valence-electron chi connectivity index (χ0n) is 17.0. The molecule has 0 saturated heterocycles. The van der Waals surface area contributed by atoms with E-state index < -0.39 is 0 Å². The topological polar surface area (TPSA) is 34.1 Å². The average Bonchev–Trinajstić information content (AvgIpc) is 2.79. The summed E-state index contributed by atoms with van der Waals surface area (Å²) >= 11 is 0. The van der Waals surface area contributed by atoms with Gasteiger partial charge in [0.05, 0.1) is 0 Å². The number of fused-ring (bicyclic) bond motifs is 5. The Kier molecular flexibility index (Phi) is 3.69. The van der Waals surface area contributed by atoms with Crippen molar-refractivity contribution in [3.63, 3.8) is 0 Å². The second-order valence-corrected chi connectivity index (χ2v) is 11.0. The number of carbonyl (C=O) groups excluding carboxylic acids is 2. The van der Waals surface area contributed by atoms with Crippen molar-refractivity contribution < 1.29 is 9.59 Å². The first-order valence-corrected chi connectivity index (χ1v) is 10.6. The zero-order valence-corrected chi connectivity index (χ0v) is 17.0. The van der Waals surface area contributed by atoms with Crippen LogP contribution in [0.4, 0.5) is 0 Å². The van der Waals surface area contributed by atoms with Gasteiger partial charge in [-0.25, -0.2) is 0 Å². The van der Waals surface area contributed by atoms with E-state index in [1.165, 1.54) is 6.42 Å². The van der Waals surface area contributed by atoms with Crippen molar-refractivity contribution in [1.82, 2.24) is 0 Å². The van der Waals surface area contributed by atoms with Crippen molar-refractivity contribution >= 4 is 11.6 Å². The van der Waals surface area contributed by atoms with Crippen LogP contribution in [0.5, 0.6) is 0 Å². The highest BCUT2D eigenvalue weighted by Gasteiger charge is 2.68. The summed E-state index contributed by atoms with van der Waals surface area (Å²) in [5, 5.41) is 0. The minimum absolute atomic E-state index is 0.0713. The van der Waals surface area contributed by atoms with Gasteiger partial charge in [-0.05, 0) is 65.6 Å². The molecular formula is C23H36O2. The Morgan fingerprint density at radius 2 is 1.68 bits per heavy atom. The highest BCUT2D eigenvalue weighted by molar-refractivity contribution is 5.87. The molecule has 4 rings (SSSR count). The fourth-order valence-electron chi connectivity index (χ4n) is 8.74. The van der Waals surface area contributed by atoms with Crippen LogP contribution in [0, 0.1) is 51.8 Å². The van der Waals surface area contributed by atoms with Crippen molar-refractivity contribution in [3.8, 4) is 0 Å². The van der Waals surface area contributed by atoms with Gasteiger partial charge in [0.25, 0.3) is 0 Å². The van der Waals surface area contributed by atoms with E-state index in [9.17, 15) is 9.59 Å². The number of hydrogen-bond donors (Lipinski definition) is 0. The van der Waals surface area contributed by atoms with Crippen LogP contribution in [0.15, 0.2) is 0 Å². The van der Waals surface area contributed by atoms with Crippen LogP contribution in [-0.2, 0) is 9.59 Å². The molecular weight excluding hydrogens is 308 g/mol. The second kappa shape index (κ2) is 5.20. The van der Waals surface area contributed by atoms with Crippen LogP contribution in [0.2, 0.25) is 0 Å². The van der Waals surface area contributed by atoms with Gasteiger partial charge in [0.2, 0.25) is 0 Å². The third-order valence-electron chi connectivity index (χ3n) is 10.2. The van der Waals surface area contributed by atoms with Crippen molar-refractivity contribution in [2.24, 2.45) is 51.8 Å². The molecule has 4 aliphatic carbocycles. The molecule has 2 nitrogen and oxygen atoms in total. The molecule has 9 atom stereocenters. The van der Waals surface area contributed by atoms with E-state index >= 15 is 0 Å². The first-order chi connectivity index (χ1) is 11.6. The van der Waals surface area contributed by atoms with Crippen molar-refractivity contribution in [2.75, 3.05) is 0 Å². The number of carbonyl (C=O) groups is 2. The summed E-state index contributed by atoms with van der Waals surface area (Å²) < 4.78 is 0. The zero-order chi connectivity index (χ0) is 18.4. The van der Waals surface area contributed by atoms with E-state index in [0.717, 1.165) is 32.1 Å². The summed E-state index contributed by atoms with van der Waals surface area (Å²) in [5.41, 5.74) is 0.265. The Hall–Kier alpha value is -0.660. The minimum atomic E-state index is -0.0713. The molecule has 0 N–H and O–H groups in total. The fraction of sp³-hybridized carbons (Fsp3) is 0.913. The Labute approximate surface area is 153 Å². The van der Waals surface area contributed by atoms with Crippen LogP contribution >= 0.6 is 0 Å². The van der Waals surface area contributed by atoms with Crippen LogP contribution in [0.3, 0.4) is 0 Å². The van der Waals surface area contributed by atoms with Crippen LogP contribution in [0.25, 0.3) is 0 Å². The summed E-state index contributed by atoms with van der Waals surface area (Å²) in [6, 6.07) is 0. The lowest BCUT2D eigenvalue weighted by Gasteiger charge is -2.69. The van der Waals surface area contributed by atoms with E-state index in [1.807, 2.05) is 0 Å². The van der Waals surface area contributed by atoms with Gasteiger partial charge in [-0.3, -0.25) is 9.59 Å². The van der Waals surface area contributed by atoms with Crippen LogP contribution in [0.1, 0.15) is 80.1 Å². The molecule has 0 aliphatic heterocycles. The van der Waals surface area contributed by atoms with E-state index in [2.05, 4.69) is 41.5 Å². The quantitative estimate of drug-likeness (QED) is 0.598. The summed E-state index contributed by atoms with van der Waals surface area (Å²) in [6.07, 6.45) is 5.72. The first-order valence-electron chi connectivity index (χ1n) is 10.6. The predicted octanol–water partition coefficient (Wildman–Crippen LogP) is 5.30. The molecule has 0 spiro atoms. The van der Waals surface area contributed by atoms with Gasteiger partial charge in [0, 0.05) is 24.7 Å². The molecule has 4 fully saturated rings. The van der Waals surface area contributed by atoms with Gasteiger partial charge in [-0.15, -0.1) is 0 Å². The largest absolute Gasteiger partial charge is 0.300 e. The summed E-state index contributed by atoms with van der Waals surface area (Å²) in [5.74, 6) is 4.52. The monoisotopic (exact) mass is 344 g/mol. The molecule has 0 aromatic carbocycles. The summed E-state index contributed by atoms with van der Waals surface area (Å²) in [4.78, 5) is 25.2. The molecule has 0 amide bonds. The summed E-state index contributed by atoms with van der Waals surface area (Å²) in [6.45, 7) is 14.4. The number of Topliss-reactive ketones (excluding diaryl/α,β-unsaturated/α-hetero) is 2. The molecule has 140 valence electrons. The Morgan fingerprint density at radius 3 is 2.36 bits per heavy atom. The maximum absolute atomic E-state index is 12.7. The predicted molar refractivity (Wildman–Crippen MR) is 100.0 cm³/mol. The Balaban J connectivity index is 1.82. The highest BCUT2D eigenvalue weighted by Crippen LogP contribution is 2.72. The lowest BCUT2D eigenvalue weighted by Crippen LogP contribution is -2.65. The van der Waals surface area contributed by atoms with Crippen molar-refractivity contribution in [3.05, 3.63) is 0 Å². The normalized spacial score (nSPS) is 58.5. The molecule has 0 aromatic rings. The average molecular weight is 345 g/mol. The molecule has 9 unspecified atom stereocenters. The standard InChI is InChI=1S/C23H36O2/c1-13-11-21(4)18(7-8-19(21)25)17-10-14(2)22(5)12-16(24)9-15(3)23(22,6)20(13)17/h13-15,17-18,20H,7-12H2,1-6H3. The molecule has 4 aliphatic rings. The van der Waals surface area contributed by atoms with E-state index in [0.29, 0.717) is 47.1 Å². The number of rotatable bonds is 0. The molecule has 4 saturated carbocycles. The van der Waals surface area contributed by atoms with Crippen LogP contribution in [-0.4, -0.2) is 11.6 Å². The Morgan fingerprint density at radius 1 is 1.00 bits per heavy atom. The van der Waals surface area contributed by atoms with E-state index in [-0.39, 0.29) is 16.2 Å². The van der Waals surface area contributed by atoms with Gasteiger partial charge >= 0.3 is 0 Å². The van der Waals surface area contributed by atoms with Crippen LogP contribution < -0.4 is 0 Å². The second-order valence-electron chi connectivity index (χ2n) is 11.0. The van der Waals surface area contributed by atoms with Gasteiger partial charge < -0.3 is 0 Å². The van der Waals surface area contributed by atoms with Gasteiger partial charge in [-0.1, -0.05) is 41.5 Å². The third-order valence-corrected chi connectivity index (χ3v) is 10.2. The molecule has 0 bridgehead atoms. The van der Waals surface area contributed by atoms with Gasteiger partial charge in [-0.2, -0.15) is 0 Å². The molecule has 0 heterocycles. The molecule has 2 heteroatoms. The van der Waals surface area contributed by atoms with E-state index in [1.54, 1.807) is 0 Å². The highest BCUT2D eigenvalue weighted by atomic mass is 16.1. The summed E-state index contributed by atoms with van der Waals surface area (Å²) in [7, 11) is 0. The number of hydrogen-bond acceptors (Lipinski definition) is 2. The van der Waals surface area contributed by atoms with Crippen molar-refractivity contribution in [2.45, 2.75) is 80.1 Å².